The molecule has 2 N–H and O–H groups in total. The Labute approximate surface area is 93.5 Å². The Bertz CT molecular complexity index is 461. The number of aryl methyl sites for hydroxylation is 1. The topological polar surface area (TPSA) is 82.8 Å². The molecule has 0 spiro atoms. The molecule has 1 atom stereocenters. The fourth-order valence-electron chi connectivity index (χ4n) is 1.50. The molecule has 0 aliphatic carbocycles. The van der Waals surface area contributed by atoms with Crippen LogP contribution in [0.4, 0.5) is 0 Å². The number of aromatic nitrogens is 4. The standard InChI is InChI=1S/C10H15N5O/c1-3-4-7(11)10-13-9(14-16-10)8-5-12-6-15(8)2/h5-7H,3-4,11H2,1-2H3/t7-/m1/s1. The fraction of sp³-hybridized carbons (Fsp3) is 0.500. The van der Waals surface area contributed by atoms with Gasteiger partial charge in [-0.25, -0.2) is 4.98 Å². The lowest BCUT2D eigenvalue weighted by molar-refractivity contribution is 0.348. The van der Waals surface area contributed by atoms with Gasteiger partial charge in [0.05, 0.1) is 18.6 Å². The third-order valence-corrected chi connectivity index (χ3v) is 2.40. The van der Waals surface area contributed by atoms with E-state index in [1.165, 1.54) is 0 Å². The molecule has 0 bridgehead atoms. The number of rotatable bonds is 4. The molecule has 0 aromatic carbocycles. The Hall–Kier alpha value is -1.69. The van der Waals surface area contributed by atoms with Gasteiger partial charge in [-0.15, -0.1) is 0 Å². The molecule has 0 fully saturated rings. The van der Waals surface area contributed by atoms with Crippen molar-refractivity contribution in [2.75, 3.05) is 0 Å². The second kappa shape index (κ2) is 4.44. The van der Waals surface area contributed by atoms with E-state index in [0.717, 1.165) is 18.5 Å². The second-order valence-corrected chi connectivity index (χ2v) is 3.74. The molecule has 2 aromatic heterocycles. The summed E-state index contributed by atoms with van der Waals surface area (Å²) < 4.78 is 6.96. The molecule has 2 heterocycles. The molecule has 6 nitrogen and oxygen atoms in total. The van der Waals surface area contributed by atoms with Crippen LogP contribution in [0, 0.1) is 0 Å². The van der Waals surface area contributed by atoms with Gasteiger partial charge >= 0.3 is 0 Å². The van der Waals surface area contributed by atoms with Crippen LogP contribution in [-0.2, 0) is 7.05 Å². The van der Waals surface area contributed by atoms with Crippen molar-refractivity contribution in [3.63, 3.8) is 0 Å². The zero-order chi connectivity index (χ0) is 11.5. The van der Waals surface area contributed by atoms with Gasteiger partial charge in [0.2, 0.25) is 11.7 Å². The zero-order valence-corrected chi connectivity index (χ0v) is 9.42. The maximum absolute atomic E-state index is 5.89. The Kier molecular flexibility index (Phi) is 3.00. The summed E-state index contributed by atoms with van der Waals surface area (Å²) in [6.07, 6.45) is 5.22. The van der Waals surface area contributed by atoms with Gasteiger partial charge in [0.1, 0.15) is 5.69 Å². The summed E-state index contributed by atoms with van der Waals surface area (Å²) in [6, 6.07) is -0.181. The summed E-state index contributed by atoms with van der Waals surface area (Å²) in [7, 11) is 1.88. The zero-order valence-electron chi connectivity index (χ0n) is 9.42. The highest BCUT2D eigenvalue weighted by molar-refractivity contribution is 5.47. The fourth-order valence-corrected chi connectivity index (χ4v) is 1.50. The molecule has 0 unspecified atom stereocenters. The van der Waals surface area contributed by atoms with Gasteiger partial charge in [-0.2, -0.15) is 4.98 Å². The van der Waals surface area contributed by atoms with E-state index in [1.807, 2.05) is 11.6 Å². The molecule has 6 heteroatoms. The summed E-state index contributed by atoms with van der Waals surface area (Å²) in [6.45, 7) is 2.07. The first-order chi connectivity index (χ1) is 7.72. The first-order valence-corrected chi connectivity index (χ1v) is 5.28. The number of hydrogen-bond donors (Lipinski definition) is 1. The van der Waals surface area contributed by atoms with Crippen LogP contribution in [0.1, 0.15) is 31.7 Å². The van der Waals surface area contributed by atoms with E-state index in [0.29, 0.717) is 11.7 Å². The van der Waals surface area contributed by atoms with Gasteiger partial charge in [-0.1, -0.05) is 18.5 Å². The summed E-state index contributed by atoms with van der Waals surface area (Å²) >= 11 is 0. The summed E-state index contributed by atoms with van der Waals surface area (Å²) in [5, 5.41) is 3.90. The van der Waals surface area contributed by atoms with Crippen molar-refractivity contribution in [2.24, 2.45) is 12.8 Å². The van der Waals surface area contributed by atoms with Crippen molar-refractivity contribution in [1.82, 2.24) is 19.7 Å². The van der Waals surface area contributed by atoms with Gasteiger partial charge in [-0.3, -0.25) is 0 Å². The molecule has 2 rings (SSSR count). The summed E-state index contributed by atoms with van der Waals surface area (Å²) in [5.74, 6) is 1.01. The molecule has 0 radical (unpaired) electrons. The van der Waals surface area contributed by atoms with Crippen molar-refractivity contribution >= 4 is 0 Å². The highest BCUT2D eigenvalue weighted by Crippen LogP contribution is 2.18. The average Bonchev–Trinajstić information content (AvgIpc) is 2.86. The van der Waals surface area contributed by atoms with Gasteiger partial charge in [-0.05, 0) is 6.42 Å². The Morgan fingerprint density at radius 3 is 3.00 bits per heavy atom. The van der Waals surface area contributed by atoms with Crippen molar-refractivity contribution < 1.29 is 4.52 Å². The highest BCUT2D eigenvalue weighted by atomic mass is 16.5. The lowest BCUT2D eigenvalue weighted by Gasteiger charge is -2.02. The van der Waals surface area contributed by atoms with E-state index in [4.69, 9.17) is 10.3 Å². The second-order valence-electron chi connectivity index (χ2n) is 3.74. The van der Waals surface area contributed by atoms with E-state index in [1.54, 1.807) is 12.5 Å². The third-order valence-electron chi connectivity index (χ3n) is 2.40. The predicted molar refractivity (Wildman–Crippen MR) is 58.3 cm³/mol. The van der Waals surface area contributed by atoms with Gasteiger partial charge in [0.15, 0.2) is 0 Å². The largest absolute Gasteiger partial charge is 0.337 e. The van der Waals surface area contributed by atoms with Gasteiger partial charge in [0.25, 0.3) is 0 Å². The van der Waals surface area contributed by atoms with E-state index >= 15 is 0 Å². The average molecular weight is 221 g/mol. The lowest BCUT2D eigenvalue weighted by atomic mass is 10.2. The Balaban J connectivity index is 2.23. The van der Waals surface area contributed by atoms with Crippen LogP contribution in [0.5, 0.6) is 0 Å². The predicted octanol–water partition coefficient (Wildman–Crippen LogP) is 1.27. The molecule has 0 saturated carbocycles. The smallest absolute Gasteiger partial charge is 0.243 e. The molecule has 2 aromatic rings. The van der Waals surface area contributed by atoms with Crippen LogP contribution in [0.25, 0.3) is 11.5 Å². The Morgan fingerprint density at radius 1 is 1.56 bits per heavy atom. The first-order valence-electron chi connectivity index (χ1n) is 5.28. The van der Waals surface area contributed by atoms with Crippen molar-refractivity contribution in [1.29, 1.82) is 0 Å². The molecule has 16 heavy (non-hydrogen) atoms. The van der Waals surface area contributed by atoms with Crippen LogP contribution < -0.4 is 5.73 Å². The van der Waals surface area contributed by atoms with E-state index < -0.39 is 0 Å². The minimum atomic E-state index is -0.181. The number of nitrogens with two attached hydrogens (primary N) is 1. The molecule has 0 amide bonds. The van der Waals surface area contributed by atoms with Crippen LogP contribution in [0.3, 0.4) is 0 Å². The molecule has 0 saturated heterocycles. The number of imidazole rings is 1. The first kappa shape index (κ1) is 10.8. The maximum Gasteiger partial charge on any atom is 0.243 e. The summed E-state index contributed by atoms with van der Waals surface area (Å²) in [5.41, 5.74) is 6.71. The van der Waals surface area contributed by atoms with Crippen molar-refractivity contribution in [3.05, 3.63) is 18.4 Å². The SMILES string of the molecule is CCC[C@@H](N)c1nc(-c2cncn2C)no1. The highest BCUT2D eigenvalue weighted by Gasteiger charge is 2.16. The van der Waals surface area contributed by atoms with Crippen molar-refractivity contribution in [2.45, 2.75) is 25.8 Å². The van der Waals surface area contributed by atoms with E-state index in [2.05, 4.69) is 22.0 Å². The number of nitrogens with zero attached hydrogens (tertiary/aromatic N) is 4. The minimum absolute atomic E-state index is 0.181. The van der Waals surface area contributed by atoms with Crippen LogP contribution in [0.15, 0.2) is 17.0 Å². The molecular formula is C10H15N5O. The molecule has 0 aliphatic heterocycles. The summed E-state index contributed by atoms with van der Waals surface area (Å²) in [4.78, 5) is 8.27. The molecule has 86 valence electrons. The van der Waals surface area contributed by atoms with Crippen LogP contribution >= 0.6 is 0 Å². The van der Waals surface area contributed by atoms with Crippen LogP contribution in [0.2, 0.25) is 0 Å². The van der Waals surface area contributed by atoms with Crippen molar-refractivity contribution in [3.8, 4) is 11.5 Å². The normalized spacial score (nSPS) is 12.9. The van der Waals surface area contributed by atoms with E-state index in [9.17, 15) is 0 Å². The maximum atomic E-state index is 5.89. The quantitative estimate of drug-likeness (QED) is 0.840. The van der Waals surface area contributed by atoms with Gasteiger partial charge in [0, 0.05) is 7.05 Å². The molecule has 0 aliphatic rings. The van der Waals surface area contributed by atoms with Gasteiger partial charge < -0.3 is 14.8 Å². The minimum Gasteiger partial charge on any atom is -0.337 e. The lowest BCUT2D eigenvalue weighted by Crippen LogP contribution is -2.09. The van der Waals surface area contributed by atoms with E-state index in [-0.39, 0.29) is 6.04 Å². The third kappa shape index (κ3) is 1.96. The Morgan fingerprint density at radius 2 is 2.38 bits per heavy atom. The molecular weight excluding hydrogens is 206 g/mol. The number of hydrogen-bond acceptors (Lipinski definition) is 5. The van der Waals surface area contributed by atoms with Crippen LogP contribution in [-0.4, -0.2) is 19.7 Å². The monoisotopic (exact) mass is 221 g/mol.